The van der Waals surface area contributed by atoms with Gasteiger partial charge in [0.25, 0.3) is 0 Å². The van der Waals surface area contributed by atoms with Gasteiger partial charge in [-0.05, 0) is 57.0 Å². The van der Waals surface area contributed by atoms with Crippen LogP contribution in [0.5, 0.6) is 0 Å². The van der Waals surface area contributed by atoms with Gasteiger partial charge in [0.2, 0.25) is 0 Å². The highest BCUT2D eigenvalue weighted by atomic mass is 16.3. The third-order valence-electron chi connectivity index (χ3n) is 5.26. The van der Waals surface area contributed by atoms with Crippen LogP contribution in [0.2, 0.25) is 0 Å². The molecule has 25 heavy (non-hydrogen) atoms. The molecule has 2 atom stereocenters. The predicted octanol–water partition coefficient (Wildman–Crippen LogP) is 4.63. The maximum atomic E-state index is 12.0. The van der Waals surface area contributed by atoms with Crippen molar-refractivity contribution < 1.29 is 5.11 Å². The van der Waals surface area contributed by atoms with E-state index in [4.69, 9.17) is 0 Å². The smallest absolute Gasteiger partial charge is 0.115 e. The molecule has 2 nitrogen and oxygen atoms in total. The molecule has 0 aromatic heterocycles. The fraction of sp³-hybridized carbons (Fsp3) is 0.391. The normalized spacial score (nSPS) is 25.5. The zero-order valence-corrected chi connectivity index (χ0v) is 15.6. The average Bonchev–Trinajstić information content (AvgIpc) is 2.59. The van der Waals surface area contributed by atoms with Crippen molar-refractivity contribution in [2.75, 3.05) is 20.6 Å². The lowest BCUT2D eigenvalue weighted by Crippen LogP contribution is -2.44. The van der Waals surface area contributed by atoms with Crippen LogP contribution < -0.4 is 0 Å². The van der Waals surface area contributed by atoms with E-state index in [9.17, 15) is 5.11 Å². The first-order valence-corrected chi connectivity index (χ1v) is 9.20. The van der Waals surface area contributed by atoms with E-state index in [2.05, 4.69) is 80.5 Å². The molecule has 2 aromatic carbocycles. The van der Waals surface area contributed by atoms with Gasteiger partial charge in [0, 0.05) is 12.5 Å². The number of aryl methyl sites for hydroxylation is 1. The van der Waals surface area contributed by atoms with Gasteiger partial charge in [-0.2, -0.15) is 0 Å². The van der Waals surface area contributed by atoms with Crippen molar-refractivity contribution in [3.05, 3.63) is 76.9 Å². The number of benzene rings is 2. The molecular weight excluding hydrogens is 306 g/mol. The molecule has 2 aromatic rings. The van der Waals surface area contributed by atoms with Crippen molar-refractivity contribution in [3.63, 3.8) is 0 Å². The summed E-state index contributed by atoms with van der Waals surface area (Å²) in [7, 11) is 4.18. The van der Waals surface area contributed by atoms with Gasteiger partial charge in [0.15, 0.2) is 0 Å². The van der Waals surface area contributed by atoms with Crippen molar-refractivity contribution >= 4 is 6.08 Å². The maximum Gasteiger partial charge on any atom is 0.115 e. The molecule has 0 saturated heterocycles. The summed E-state index contributed by atoms with van der Waals surface area (Å²) >= 11 is 0. The second-order valence-corrected chi connectivity index (χ2v) is 7.57. The molecule has 0 radical (unpaired) electrons. The van der Waals surface area contributed by atoms with Crippen LogP contribution in [0.15, 0.2) is 60.2 Å². The van der Waals surface area contributed by atoms with E-state index in [1.807, 2.05) is 6.07 Å². The number of aliphatic hydroxyl groups is 1. The Hall–Kier alpha value is -1.90. The van der Waals surface area contributed by atoms with E-state index in [1.54, 1.807) is 0 Å². The summed E-state index contributed by atoms with van der Waals surface area (Å²) in [6.45, 7) is 2.98. The van der Waals surface area contributed by atoms with Crippen LogP contribution in [0.3, 0.4) is 0 Å². The van der Waals surface area contributed by atoms with Crippen molar-refractivity contribution in [3.8, 4) is 0 Å². The monoisotopic (exact) mass is 335 g/mol. The Morgan fingerprint density at radius 1 is 1.12 bits per heavy atom. The van der Waals surface area contributed by atoms with E-state index >= 15 is 0 Å². The highest BCUT2D eigenvalue weighted by Gasteiger charge is 2.44. The van der Waals surface area contributed by atoms with E-state index in [0.29, 0.717) is 0 Å². The average molecular weight is 335 g/mol. The van der Waals surface area contributed by atoms with E-state index in [1.165, 1.54) is 5.56 Å². The lowest BCUT2D eigenvalue weighted by atomic mass is 9.67. The van der Waals surface area contributed by atoms with Crippen LogP contribution >= 0.6 is 0 Å². The topological polar surface area (TPSA) is 23.5 Å². The highest BCUT2D eigenvalue weighted by Crippen LogP contribution is 2.46. The van der Waals surface area contributed by atoms with Gasteiger partial charge in [0.05, 0.1) is 0 Å². The fourth-order valence-electron chi connectivity index (χ4n) is 4.10. The van der Waals surface area contributed by atoms with Crippen molar-refractivity contribution in [2.24, 2.45) is 5.92 Å². The Bertz CT molecular complexity index is 735. The molecule has 0 aliphatic heterocycles. The fourth-order valence-corrected chi connectivity index (χ4v) is 4.10. The molecule has 1 aliphatic carbocycles. The number of hydrogen-bond donors (Lipinski definition) is 1. The molecule has 0 heterocycles. The molecule has 0 spiro atoms. The standard InChI is InChI=1S/C23H29NO/c1-18-9-7-12-20(15-18)23(25)21(16-19-10-5-4-6-11-19)13-8-14-22(23)17-24(2)3/h4-7,9-12,15-16,22,25H,8,13-14,17H2,1-3H3/b21-16+. The zero-order chi connectivity index (χ0) is 17.9. The molecule has 2 unspecified atom stereocenters. The summed E-state index contributed by atoms with van der Waals surface area (Å²) in [5.74, 6) is 0.202. The third kappa shape index (κ3) is 3.86. The number of hydrogen-bond acceptors (Lipinski definition) is 2. The largest absolute Gasteiger partial charge is 0.380 e. The molecular formula is C23H29NO. The first-order valence-electron chi connectivity index (χ1n) is 9.20. The molecule has 3 rings (SSSR count). The Kier molecular flexibility index (Phi) is 5.41. The Morgan fingerprint density at radius 2 is 1.88 bits per heavy atom. The first-order chi connectivity index (χ1) is 12.0. The lowest BCUT2D eigenvalue weighted by Gasteiger charge is -2.44. The minimum absolute atomic E-state index is 0.202. The second kappa shape index (κ2) is 7.55. The van der Waals surface area contributed by atoms with Crippen LogP contribution in [-0.2, 0) is 5.60 Å². The third-order valence-corrected chi connectivity index (χ3v) is 5.26. The Balaban J connectivity index is 2.10. The molecule has 132 valence electrons. The van der Waals surface area contributed by atoms with E-state index < -0.39 is 5.60 Å². The maximum absolute atomic E-state index is 12.0. The Morgan fingerprint density at radius 3 is 2.56 bits per heavy atom. The lowest BCUT2D eigenvalue weighted by molar-refractivity contribution is -0.0174. The summed E-state index contributed by atoms with van der Waals surface area (Å²) in [5, 5.41) is 12.0. The summed E-state index contributed by atoms with van der Waals surface area (Å²) in [6, 6.07) is 18.7. The predicted molar refractivity (Wildman–Crippen MR) is 105 cm³/mol. The number of nitrogens with zero attached hydrogens (tertiary/aromatic N) is 1. The summed E-state index contributed by atoms with van der Waals surface area (Å²) in [4.78, 5) is 2.19. The molecule has 1 N–H and O–H groups in total. The number of rotatable bonds is 4. The van der Waals surface area contributed by atoms with Crippen molar-refractivity contribution in [2.45, 2.75) is 31.8 Å². The van der Waals surface area contributed by atoms with Gasteiger partial charge in [0.1, 0.15) is 5.60 Å². The van der Waals surface area contributed by atoms with Crippen LogP contribution in [0, 0.1) is 12.8 Å². The Labute approximate surface area is 151 Å². The zero-order valence-electron chi connectivity index (χ0n) is 15.6. The molecule has 0 bridgehead atoms. The van der Waals surface area contributed by atoms with Crippen molar-refractivity contribution in [1.29, 1.82) is 0 Å². The summed E-state index contributed by atoms with van der Waals surface area (Å²) in [5.41, 5.74) is 3.63. The molecule has 1 fully saturated rings. The van der Waals surface area contributed by atoms with Crippen LogP contribution in [0.25, 0.3) is 6.08 Å². The summed E-state index contributed by atoms with van der Waals surface area (Å²) in [6.07, 6.45) is 5.33. The van der Waals surface area contributed by atoms with Gasteiger partial charge in [-0.25, -0.2) is 0 Å². The molecule has 0 amide bonds. The van der Waals surface area contributed by atoms with Gasteiger partial charge in [-0.3, -0.25) is 0 Å². The van der Waals surface area contributed by atoms with Crippen LogP contribution in [0.1, 0.15) is 36.0 Å². The quantitative estimate of drug-likeness (QED) is 0.881. The van der Waals surface area contributed by atoms with Crippen LogP contribution in [0.4, 0.5) is 0 Å². The molecule has 2 heteroatoms. The molecule has 1 aliphatic rings. The van der Waals surface area contributed by atoms with Gasteiger partial charge < -0.3 is 10.0 Å². The van der Waals surface area contributed by atoms with E-state index in [-0.39, 0.29) is 5.92 Å². The highest BCUT2D eigenvalue weighted by molar-refractivity contribution is 5.57. The van der Waals surface area contributed by atoms with Gasteiger partial charge >= 0.3 is 0 Å². The minimum Gasteiger partial charge on any atom is -0.380 e. The summed E-state index contributed by atoms with van der Waals surface area (Å²) < 4.78 is 0. The minimum atomic E-state index is -0.898. The van der Waals surface area contributed by atoms with Crippen LogP contribution in [-0.4, -0.2) is 30.6 Å². The molecule has 1 saturated carbocycles. The first kappa shape index (κ1) is 17.9. The van der Waals surface area contributed by atoms with E-state index in [0.717, 1.165) is 42.5 Å². The van der Waals surface area contributed by atoms with Gasteiger partial charge in [-0.1, -0.05) is 66.2 Å². The SMILES string of the molecule is Cc1cccc(C2(O)/C(=C/c3ccccc3)CCCC2CN(C)C)c1. The van der Waals surface area contributed by atoms with Crippen molar-refractivity contribution in [1.82, 2.24) is 4.90 Å². The second-order valence-electron chi connectivity index (χ2n) is 7.57. The van der Waals surface area contributed by atoms with Gasteiger partial charge in [-0.15, -0.1) is 0 Å².